The first kappa shape index (κ1) is 14.4. The van der Waals surface area contributed by atoms with Crippen molar-refractivity contribution in [3.8, 4) is 0 Å². The summed E-state index contributed by atoms with van der Waals surface area (Å²) in [6.45, 7) is 9.66. The third-order valence-corrected chi connectivity index (χ3v) is 5.04. The highest BCUT2D eigenvalue weighted by molar-refractivity contribution is 5.77. The molecule has 2 aromatic heterocycles. The van der Waals surface area contributed by atoms with Crippen molar-refractivity contribution in [1.29, 1.82) is 0 Å². The summed E-state index contributed by atoms with van der Waals surface area (Å²) in [5.41, 5.74) is 9.37. The number of hydrogen-bond donors (Lipinski definition) is 1. The lowest BCUT2D eigenvalue weighted by Crippen LogP contribution is -2.28. The largest absolute Gasteiger partial charge is 0.369 e. The molecule has 116 valence electrons. The van der Waals surface area contributed by atoms with E-state index in [1.165, 1.54) is 25.7 Å². The summed E-state index contributed by atoms with van der Waals surface area (Å²) >= 11 is 0. The second-order valence-electron chi connectivity index (χ2n) is 6.67. The Morgan fingerprint density at radius 2 is 2.00 bits per heavy atom. The van der Waals surface area contributed by atoms with Gasteiger partial charge in [0.25, 0.3) is 0 Å². The van der Waals surface area contributed by atoms with Crippen LogP contribution in [-0.4, -0.2) is 19.3 Å². The molecule has 0 radical (unpaired) electrons. The number of hydrogen-bond acceptors (Lipinski definition) is 3. The third kappa shape index (κ3) is 2.23. The zero-order valence-electron chi connectivity index (χ0n) is 13.6. The second kappa shape index (κ2) is 5.35. The van der Waals surface area contributed by atoms with E-state index in [9.17, 15) is 0 Å². The molecule has 2 aromatic rings. The quantitative estimate of drug-likeness (QED) is 0.940. The summed E-state index contributed by atoms with van der Waals surface area (Å²) < 4.78 is 4.34. The highest BCUT2D eigenvalue weighted by atomic mass is 15.4. The van der Waals surface area contributed by atoms with Gasteiger partial charge in [0.2, 0.25) is 5.95 Å². The van der Waals surface area contributed by atoms with Crippen molar-refractivity contribution in [2.45, 2.75) is 66.0 Å². The van der Waals surface area contributed by atoms with Crippen LogP contribution in [0.2, 0.25) is 0 Å². The van der Waals surface area contributed by atoms with Crippen LogP contribution in [0.15, 0.2) is 0 Å². The number of aryl methyl sites for hydroxylation is 2. The summed E-state index contributed by atoms with van der Waals surface area (Å²) in [5, 5.41) is 4.61. The number of rotatable bonds is 3. The minimum atomic E-state index is 0.463. The van der Waals surface area contributed by atoms with E-state index in [2.05, 4.69) is 40.1 Å². The molecule has 5 heteroatoms. The lowest BCUT2D eigenvalue weighted by Gasteiger charge is -2.35. The van der Waals surface area contributed by atoms with E-state index in [0.29, 0.717) is 23.8 Å². The fourth-order valence-electron chi connectivity index (χ4n) is 3.99. The number of anilines is 1. The van der Waals surface area contributed by atoms with Crippen LogP contribution in [0.1, 0.15) is 58.2 Å². The molecule has 2 N–H and O–H groups in total. The molecular weight excluding hydrogens is 262 g/mol. The van der Waals surface area contributed by atoms with Gasteiger partial charge in [-0.2, -0.15) is 5.10 Å². The van der Waals surface area contributed by atoms with Gasteiger partial charge in [-0.15, -0.1) is 0 Å². The molecule has 1 aliphatic carbocycles. The minimum Gasteiger partial charge on any atom is -0.369 e. The molecule has 0 bridgehead atoms. The van der Waals surface area contributed by atoms with Crippen LogP contribution in [-0.2, 0) is 6.54 Å². The fourth-order valence-corrected chi connectivity index (χ4v) is 3.99. The molecule has 2 unspecified atom stereocenters. The molecule has 0 saturated heterocycles. The highest BCUT2D eigenvalue weighted by Gasteiger charge is 2.32. The number of fused-ring (bicyclic) bond motifs is 1. The molecule has 21 heavy (non-hydrogen) atoms. The van der Waals surface area contributed by atoms with Gasteiger partial charge in [0.15, 0.2) is 5.65 Å². The molecule has 2 heterocycles. The zero-order chi connectivity index (χ0) is 15.1. The van der Waals surface area contributed by atoms with Crippen molar-refractivity contribution in [1.82, 2.24) is 19.3 Å². The van der Waals surface area contributed by atoms with Crippen molar-refractivity contribution >= 4 is 17.1 Å². The number of nitrogens with two attached hydrogens (primary N) is 1. The number of aromatic nitrogens is 4. The summed E-state index contributed by atoms with van der Waals surface area (Å²) in [4.78, 5) is 4.61. The first-order chi connectivity index (χ1) is 10.0. The van der Waals surface area contributed by atoms with Gasteiger partial charge in [-0.3, -0.25) is 4.57 Å². The van der Waals surface area contributed by atoms with Gasteiger partial charge in [0, 0.05) is 12.6 Å². The first-order valence-electron chi connectivity index (χ1n) is 8.25. The van der Waals surface area contributed by atoms with E-state index in [-0.39, 0.29) is 0 Å². The van der Waals surface area contributed by atoms with Crippen LogP contribution in [0.5, 0.6) is 0 Å². The molecule has 1 aliphatic rings. The van der Waals surface area contributed by atoms with Crippen LogP contribution in [0.3, 0.4) is 0 Å². The SMILES string of the molecule is CCn1nc(C)c2nc(N)n(C3CCCCC3C(C)C)c21. The van der Waals surface area contributed by atoms with Crippen LogP contribution in [0.4, 0.5) is 5.95 Å². The maximum atomic E-state index is 6.29. The molecule has 1 saturated carbocycles. The topological polar surface area (TPSA) is 61.7 Å². The Hall–Kier alpha value is -1.52. The lowest BCUT2D eigenvalue weighted by atomic mass is 9.77. The van der Waals surface area contributed by atoms with Crippen molar-refractivity contribution in [2.24, 2.45) is 11.8 Å². The Bertz CT molecular complexity index is 637. The van der Waals surface area contributed by atoms with Crippen LogP contribution in [0, 0.1) is 18.8 Å². The van der Waals surface area contributed by atoms with Crippen molar-refractivity contribution in [3.63, 3.8) is 0 Å². The Labute approximate surface area is 126 Å². The van der Waals surface area contributed by atoms with E-state index in [4.69, 9.17) is 5.73 Å². The maximum absolute atomic E-state index is 6.29. The van der Waals surface area contributed by atoms with Gasteiger partial charge < -0.3 is 5.73 Å². The lowest BCUT2D eigenvalue weighted by molar-refractivity contribution is 0.188. The van der Waals surface area contributed by atoms with Gasteiger partial charge in [-0.1, -0.05) is 26.7 Å². The molecular formula is C16H27N5. The third-order valence-electron chi connectivity index (χ3n) is 5.04. The molecule has 1 fully saturated rings. The summed E-state index contributed by atoms with van der Waals surface area (Å²) in [6, 6.07) is 0.463. The van der Waals surface area contributed by atoms with E-state index >= 15 is 0 Å². The molecule has 3 rings (SSSR count). The molecule has 5 nitrogen and oxygen atoms in total. The first-order valence-corrected chi connectivity index (χ1v) is 8.25. The average Bonchev–Trinajstić information content (AvgIpc) is 2.95. The zero-order valence-corrected chi connectivity index (χ0v) is 13.6. The Balaban J connectivity index is 2.16. The van der Waals surface area contributed by atoms with Crippen molar-refractivity contribution in [3.05, 3.63) is 5.69 Å². The van der Waals surface area contributed by atoms with Gasteiger partial charge in [-0.25, -0.2) is 9.67 Å². The number of nitrogens with zero attached hydrogens (tertiary/aromatic N) is 4. The van der Waals surface area contributed by atoms with Crippen LogP contribution >= 0.6 is 0 Å². The minimum absolute atomic E-state index is 0.463. The number of imidazole rings is 1. The fraction of sp³-hybridized carbons (Fsp3) is 0.750. The van der Waals surface area contributed by atoms with Crippen LogP contribution < -0.4 is 5.73 Å². The standard InChI is InChI=1S/C16H27N5/c1-5-20-15-14(11(4)19-20)18-16(17)21(15)13-9-7-6-8-12(13)10(2)3/h10,12-13H,5-9H2,1-4H3,(H2,17,18). The van der Waals surface area contributed by atoms with E-state index < -0.39 is 0 Å². The predicted molar refractivity (Wildman–Crippen MR) is 86.2 cm³/mol. The van der Waals surface area contributed by atoms with Crippen molar-refractivity contribution in [2.75, 3.05) is 5.73 Å². The summed E-state index contributed by atoms with van der Waals surface area (Å²) in [6.07, 6.45) is 5.11. The normalized spacial score (nSPS) is 23.3. The van der Waals surface area contributed by atoms with Gasteiger partial charge in [0.1, 0.15) is 5.52 Å². The summed E-state index contributed by atoms with van der Waals surface area (Å²) in [7, 11) is 0. The smallest absolute Gasteiger partial charge is 0.202 e. The highest BCUT2D eigenvalue weighted by Crippen LogP contribution is 2.41. The van der Waals surface area contributed by atoms with E-state index in [1.807, 2.05) is 6.92 Å². The summed E-state index contributed by atoms with van der Waals surface area (Å²) in [5.74, 6) is 2.01. The second-order valence-corrected chi connectivity index (χ2v) is 6.67. The van der Waals surface area contributed by atoms with Gasteiger partial charge in [-0.05, 0) is 38.5 Å². The number of nitrogen functional groups attached to an aromatic ring is 1. The van der Waals surface area contributed by atoms with Gasteiger partial charge in [0.05, 0.1) is 5.69 Å². The Morgan fingerprint density at radius 1 is 1.29 bits per heavy atom. The van der Waals surface area contributed by atoms with Gasteiger partial charge >= 0.3 is 0 Å². The Kier molecular flexibility index (Phi) is 3.68. The molecule has 0 aromatic carbocycles. The predicted octanol–water partition coefficient (Wildman–Crippen LogP) is 3.53. The Morgan fingerprint density at radius 3 is 2.67 bits per heavy atom. The molecule has 0 amide bonds. The monoisotopic (exact) mass is 289 g/mol. The molecule has 0 spiro atoms. The molecule has 2 atom stereocenters. The van der Waals surface area contributed by atoms with E-state index in [0.717, 1.165) is 23.4 Å². The average molecular weight is 289 g/mol. The van der Waals surface area contributed by atoms with E-state index in [1.54, 1.807) is 0 Å². The van der Waals surface area contributed by atoms with Crippen molar-refractivity contribution < 1.29 is 0 Å². The van der Waals surface area contributed by atoms with Crippen LogP contribution in [0.25, 0.3) is 11.2 Å². The molecule has 0 aliphatic heterocycles. The maximum Gasteiger partial charge on any atom is 0.202 e.